The molecule has 0 spiro atoms. The molecule has 0 saturated carbocycles. The number of nitrogens with zero attached hydrogens (tertiary/aromatic N) is 2. The molecule has 0 bridgehead atoms. The van der Waals surface area contributed by atoms with Crippen LogP contribution in [0.4, 0.5) is 0 Å². The SMILES string of the molecule is CCN(N)/C=N\C=C(C)C. The number of rotatable bonds is 3. The number of aliphatic imine (C=N–C) groups is 1. The van der Waals surface area contributed by atoms with Crippen LogP contribution >= 0.6 is 0 Å². The first-order valence-corrected chi connectivity index (χ1v) is 3.34. The van der Waals surface area contributed by atoms with Crippen LogP contribution in [-0.2, 0) is 0 Å². The highest BCUT2D eigenvalue weighted by atomic mass is 15.4. The molecule has 3 nitrogen and oxygen atoms in total. The highest BCUT2D eigenvalue weighted by Gasteiger charge is 1.80. The van der Waals surface area contributed by atoms with Gasteiger partial charge in [-0.2, -0.15) is 0 Å². The molecule has 0 unspecified atom stereocenters. The van der Waals surface area contributed by atoms with Gasteiger partial charge in [-0.1, -0.05) is 5.57 Å². The topological polar surface area (TPSA) is 41.6 Å². The van der Waals surface area contributed by atoms with E-state index in [9.17, 15) is 0 Å². The summed E-state index contributed by atoms with van der Waals surface area (Å²) in [6, 6.07) is 0. The molecule has 0 aliphatic heterocycles. The van der Waals surface area contributed by atoms with E-state index in [2.05, 4.69) is 4.99 Å². The third-order valence-corrected chi connectivity index (χ3v) is 0.913. The zero-order chi connectivity index (χ0) is 7.98. The number of hydrogen-bond donors (Lipinski definition) is 1. The average Bonchev–Trinajstić information content (AvgIpc) is 1.87. The lowest BCUT2D eigenvalue weighted by atomic mass is 10.4. The zero-order valence-electron chi connectivity index (χ0n) is 6.83. The lowest BCUT2D eigenvalue weighted by molar-refractivity contribution is 0.480. The molecule has 0 aromatic rings. The van der Waals surface area contributed by atoms with Crippen LogP contribution < -0.4 is 5.84 Å². The fourth-order valence-electron chi connectivity index (χ4n) is 0.350. The Kier molecular flexibility index (Phi) is 4.58. The van der Waals surface area contributed by atoms with E-state index in [1.165, 1.54) is 10.6 Å². The van der Waals surface area contributed by atoms with Gasteiger partial charge in [-0.25, -0.2) is 10.8 Å². The van der Waals surface area contributed by atoms with Gasteiger partial charge in [0.25, 0.3) is 0 Å². The Balaban J connectivity index is 3.66. The van der Waals surface area contributed by atoms with Crippen LogP contribution in [0.3, 0.4) is 0 Å². The monoisotopic (exact) mass is 141 g/mol. The van der Waals surface area contributed by atoms with Gasteiger partial charge in [-0.05, 0) is 20.8 Å². The Hall–Kier alpha value is -0.830. The molecule has 0 rings (SSSR count). The Morgan fingerprint density at radius 1 is 1.60 bits per heavy atom. The first-order valence-electron chi connectivity index (χ1n) is 3.34. The van der Waals surface area contributed by atoms with E-state index >= 15 is 0 Å². The van der Waals surface area contributed by atoms with Crippen molar-refractivity contribution in [3.63, 3.8) is 0 Å². The van der Waals surface area contributed by atoms with Gasteiger partial charge in [0.05, 0.1) is 0 Å². The van der Waals surface area contributed by atoms with Crippen LogP contribution in [0.1, 0.15) is 20.8 Å². The maximum atomic E-state index is 5.41. The highest BCUT2D eigenvalue weighted by molar-refractivity contribution is 5.54. The largest absolute Gasteiger partial charge is 0.301 e. The summed E-state index contributed by atoms with van der Waals surface area (Å²) in [6.07, 6.45) is 3.38. The van der Waals surface area contributed by atoms with Crippen molar-refractivity contribution in [2.75, 3.05) is 6.54 Å². The second kappa shape index (κ2) is 4.99. The van der Waals surface area contributed by atoms with Gasteiger partial charge in [0.15, 0.2) is 0 Å². The molecule has 10 heavy (non-hydrogen) atoms. The number of hydrogen-bond acceptors (Lipinski definition) is 2. The van der Waals surface area contributed by atoms with Crippen LogP contribution in [0.25, 0.3) is 0 Å². The van der Waals surface area contributed by atoms with Gasteiger partial charge in [-0.3, -0.25) is 0 Å². The van der Waals surface area contributed by atoms with Gasteiger partial charge < -0.3 is 5.01 Å². The molecule has 0 aliphatic rings. The van der Waals surface area contributed by atoms with E-state index in [1.807, 2.05) is 20.8 Å². The highest BCUT2D eigenvalue weighted by Crippen LogP contribution is 1.86. The molecule has 0 fully saturated rings. The normalized spacial score (nSPS) is 10.0. The molecule has 0 atom stereocenters. The van der Waals surface area contributed by atoms with Gasteiger partial charge in [-0.15, -0.1) is 0 Å². The van der Waals surface area contributed by atoms with E-state index in [0.717, 1.165) is 6.54 Å². The van der Waals surface area contributed by atoms with E-state index in [1.54, 1.807) is 12.5 Å². The molecule has 0 saturated heterocycles. The van der Waals surface area contributed by atoms with Gasteiger partial charge in [0.2, 0.25) is 0 Å². The third-order valence-electron chi connectivity index (χ3n) is 0.913. The smallest absolute Gasteiger partial charge is 0.104 e. The summed E-state index contributed by atoms with van der Waals surface area (Å²) >= 11 is 0. The molecule has 0 radical (unpaired) electrons. The molecule has 0 aliphatic carbocycles. The zero-order valence-corrected chi connectivity index (χ0v) is 6.83. The number of allylic oxidation sites excluding steroid dienone is 1. The minimum absolute atomic E-state index is 0.778. The van der Waals surface area contributed by atoms with Crippen molar-refractivity contribution >= 4 is 6.34 Å². The van der Waals surface area contributed by atoms with E-state index < -0.39 is 0 Å². The van der Waals surface area contributed by atoms with Crippen LogP contribution in [0.2, 0.25) is 0 Å². The predicted octanol–water partition coefficient (Wildman–Crippen LogP) is 1.13. The van der Waals surface area contributed by atoms with Crippen LogP contribution in [0.5, 0.6) is 0 Å². The van der Waals surface area contributed by atoms with Crippen molar-refractivity contribution in [1.29, 1.82) is 0 Å². The summed E-state index contributed by atoms with van der Waals surface area (Å²) in [6.45, 7) is 6.73. The van der Waals surface area contributed by atoms with Crippen molar-refractivity contribution in [3.05, 3.63) is 11.8 Å². The van der Waals surface area contributed by atoms with Crippen LogP contribution in [-0.4, -0.2) is 17.9 Å². The van der Waals surface area contributed by atoms with Gasteiger partial charge in [0.1, 0.15) is 6.34 Å². The molecule has 0 aromatic heterocycles. The Morgan fingerprint density at radius 3 is 2.60 bits per heavy atom. The van der Waals surface area contributed by atoms with E-state index in [0.29, 0.717) is 0 Å². The van der Waals surface area contributed by atoms with E-state index in [-0.39, 0.29) is 0 Å². The Morgan fingerprint density at radius 2 is 2.20 bits per heavy atom. The predicted molar refractivity (Wildman–Crippen MR) is 44.5 cm³/mol. The molecular weight excluding hydrogens is 126 g/mol. The molecule has 0 amide bonds. The van der Waals surface area contributed by atoms with Crippen molar-refractivity contribution in [2.45, 2.75) is 20.8 Å². The summed E-state index contributed by atoms with van der Waals surface area (Å²) in [5.74, 6) is 5.41. The van der Waals surface area contributed by atoms with Crippen molar-refractivity contribution in [1.82, 2.24) is 5.01 Å². The summed E-state index contributed by atoms with van der Waals surface area (Å²) < 4.78 is 0. The second-order valence-corrected chi connectivity index (χ2v) is 2.30. The third kappa shape index (κ3) is 5.31. The Labute approximate surface area is 62.2 Å². The summed E-state index contributed by atoms with van der Waals surface area (Å²) in [4.78, 5) is 3.96. The molecule has 58 valence electrons. The van der Waals surface area contributed by atoms with Crippen molar-refractivity contribution in [2.24, 2.45) is 10.8 Å². The minimum Gasteiger partial charge on any atom is -0.301 e. The molecule has 3 heteroatoms. The van der Waals surface area contributed by atoms with Gasteiger partial charge in [0, 0.05) is 12.7 Å². The van der Waals surface area contributed by atoms with Crippen molar-refractivity contribution < 1.29 is 0 Å². The standard InChI is InChI=1S/C7H15N3/c1-4-10(8)6-9-5-7(2)3/h5-6H,4,8H2,1-3H3/b9-6-. The molecule has 0 aromatic carbocycles. The maximum absolute atomic E-state index is 5.41. The van der Waals surface area contributed by atoms with Crippen LogP contribution in [0.15, 0.2) is 16.8 Å². The maximum Gasteiger partial charge on any atom is 0.104 e. The summed E-state index contributed by atoms with van der Waals surface area (Å²) in [7, 11) is 0. The summed E-state index contributed by atoms with van der Waals surface area (Å²) in [5.41, 5.74) is 1.17. The first-order chi connectivity index (χ1) is 4.66. The quantitative estimate of drug-likeness (QED) is 0.277. The fourth-order valence-corrected chi connectivity index (χ4v) is 0.350. The molecular formula is C7H15N3. The second-order valence-electron chi connectivity index (χ2n) is 2.30. The lowest BCUT2D eigenvalue weighted by Gasteiger charge is -2.06. The van der Waals surface area contributed by atoms with Gasteiger partial charge >= 0.3 is 0 Å². The minimum atomic E-state index is 0.778. The summed E-state index contributed by atoms with van der Waals surface area (Å²) in [5, 5.41) is 1.53. The first kappa shape index (κ1) is 9.17. The molecule has 2 N–H and O–H groups in total. The fraction of sp³-hybridized carbons (Fsp3) is 0.571. The number of nitrogens with two attached hydrogens (primary N) is 1. The average molecular weight is 141 g/mol. The van der Waals surface area contributed by atoms with Crippen molar-refractivity contribution in [3.8, 4) is 0 Å². The molecule has 0 heterocycles. The van der Waals surface area contributed by atoms with Crippen LogP contribution in [0, 0.1) is 0 Å². The van der Waals surface area contributed by atoms with E-state index in [4.69, 9.17) is 5.84 Å². The Bertz CT molecular complexity index is 134. The number of hydrazine groups is 1. The lowest BCUT2D eigenvalue weighted by Crippen LogP contribution is -2.28.